The zero-order valence-corrected chi connectivity index (χ0v) is 23.7. The first-order valence-corrected chi connectivity index (χ1v) is 12.7. The summed E-state index contributed by atoms with van der Waals surface area (Å²) in [4.78, 5) is 45.1. The summed E-state index contributed by atoms with van der Waals surface area (Å²) < 4.78 is 5.52. The van der Waals surface area contributed by atoms with Gasteiger partial charge in [-0.2, -0.15) is 27.0 Å². The average molecular weight is 555 g/mol. The van der Waals surface area contributed by atoms with Gasteiger partial charge in [0.05, 0.1) is 6.10 Å². The highest BCUT2D eigenvalue weighted by molar-refractivity contribution is 7.59. The van der Waals surface area contributed by atoms with Gasteiger partial charge < -0.3 is 19.9 Å². The Bertz CT molecular complexity index is 891. The predicted molar refractivity (Wildman–Crippen MR) is 158 cm³/mol. The number of likely N-dealkylation sites (tertiary alicyclic amines) is 1. The number of Topliss-reactive ketones (excluding diaryl/α,β-unsaturated/α-hetero) is 1. The fourth-order valence-corrected chi connectivity index (χ4v) is 5.35. The van der Waals surface area contributed by atoms with Crippen molar-refractivity contribution in [2.24, 2.45) is 5.92 Å². The molecule has 0 saturated carbocycles. The first-order chi connectivity index (χ1) is 16.4. The number of nitrogens with one attached hydrogen (secondary N) is 1. The molecule has 0 aromatic heterocycles. The van der Waals surface area contributed by atoms with Gasteiger partial charge in [-0.1, -0.05) is 28.2 Å². The molecule has 2 amide bonds. The molecule has 4 rings (SSSR count). The molecule has 37 heavy (non-hydrogen) atoms. The van der Waals surface area contributed by atoms with Crippen LogP contribution in [0.25, 0.3) is 0 Å². The van der Waals surface area contributed by atoms with Crippen LogP contribution >= 0.6 is 27.0 Å². The van der Waals surface area contributed by atoms with Crippen LogP contribution in [0.5, 0.6) is 0 Å². The maximum absolute atomic E-state index is 13.4. The molecule has 3 heterocycles. The number of hydrogen-bond acceptors (Lipinski definition) is 6. The molecule has 0 bridgehead atoms. The highest BCUT2D eigenvalue weighted by atomic mass is 32.1. The summed E-state index contributed by atoms with van der Waals surface area (Å²) in [6.07, 6.45) is 2.16. The molecule has 3 aliphatic heterocycles. The molecule has 1 aromatic rings. The Morgan fingerprint density at radius 1 is 1.05 bits per heavy atom. The third kappa shape index (κ3) is 7.88. The van der Waals surface area contributed by atoms with E-state index in [1.54, 1.807) is 4.90 Å². The number of rotatable bonds is 8. The lowest BCUT2D eigenvalue weighted by Gasteiger charge is -2.36. The van der Waals surface area contributed by atoms with Gasteiger partial charge in [0.15, 0.2) is 5.78 Å². The largest absolute Gasteiger partial charge is 0.369 e. The Hall–Kier alpha value is -1.75. The smallest absolute Gasteiger partial charge is 0.251 e. The first kappa shape index (κ1) is 33.3. The number of fused-ring (bicyclic) bond motifs is 1. The van der Waals surface area contributed by atoms with E-state index in [4.69, 9.17) is 4.74 Å². The number of anilines is 1. The van der Waals surface area contributed by atoms with Crippen molar-refractivity contribution in [2.75, 3.05) is 50.8 Å². The number of benzene rings is 1. The molecular formula is C27H46N4O4S2. The lowest BCUT2D eigenvalue weighted by molar-refractivity contribution is -0.138. The molecule has 1 aromatic carbocycles. The van der Waals surface area contributed by atoms with E-state index < -0.39 is 12.1 Å². The number of ether oxygens (including phenoxy) is 1. The van der Waals surface area contributed by atoms with Crippen molar-refractivity contribution < 1.29 is 19.1 Å². The quantitative estimate of drug-likeness (QED) is 0.532. The van der Waals surface area contributed by atoms with Crippen LogP contribution < -0.4 is 10.2 Å². The third-order valence-electron chi connectivity index (χ3n) is 7.11. The van der Waals surface area contributed by atoms with Crippen LogP contribution in [0.2, 0.25) is 0 Å². The maximum atomic E-state index is 13.4. The van der Waals surface area contributed by atoms with E-state index in [1.165, 1.54) is 6.42 Å². The normalized spacial score (nSPS) is 22.0. The highest BCUT2D eigenvalue weighted by Crippen LogP contribution is 2.28. The van der Waals surface area contributed by atoms with Crippen molar-refractivity contribution >= 4 is 50.3 Å². The van der Waals surface area contributed by atoms with Crippen LogP contribution in [0.15, 0.2) is 24.3 Å². The second-order valence-corrected chi connectivity index (χ2v) is 10.1. The summed E-state index contributed by atoms with van der Waals surface area (Å²) in [6.45, 7) is 12.0. The molecule has 0 unspecified atom stereocenters. The number of carbonyl (C=O) groups is 3. The van der Waals surface area contributed by atoms with E-state index in [-0.39, 0.29) is 70.6 Å². The second kappa shape index (κ2) is 15.0. The second-order valence-electron chi connectivity index (χ2n) is 10.1. The average Bonchev–Trinajstić information content (AvgIpc) is 3.42. The van der Waals surface area contributed by atoms with Crippen LogP contribution in [0.3, 0.4) is 0 Å². The zero-order chi connectivity index (χ0) is 24.2. The minimum absolute atomic E-state index is 0. The summed E-state index contributed by atoms with van der Waals surface area (Å²) in [5.74, 6) is -0.272. The standard InChI is InChI=1S/C26H38N4O4.CH4.2H2S/c1-4-10-28-12-14-29(15-13-28)20-7-5-19(6-8-20)25(32)27-21(16-18(2)3)26(33)30-11-9-23-24(30)22(31)17-34-23;;;/h5-8,18,21,23-24H,4,9-17H2,1-3H3,(H,27,32);1H4;2*1H2/t21-,23+,24+;;;/m0.../s1. The fourth-order valence-electron chi connectivity index (χ4n) is 5.35. The van der Waals surface area contributed by atoms with Crippen LogP contribution in [0, 0.1) is 5.92 Å². The molecule has 0 aliphatic carbocycles. The van der Waals surface area contributed by atoms with Crippen LogP contribution in [0.1, 0.15) is 57.8 Å². The van der Waals surface area contributed by atoms with Crippen molar-refractivity contribution in [2.45, 2.75) is 65.6 Å². The van der Waals surface area contributed by atoms with Crippen LogP contribution in [0.4, 0.5) is 5.69 Å². The van der Waals surface area contributed by atoms with Crippen LogP contribution in [-0.4, -0.2) is 91.5 Å². The van der Waals surface area contributed by atoms with Gasteiger partial charge in [-0.15, -0.1) is 0 Å². The third-order valence-corrected chi connectivity index (χ3v) is 7.11. The molecule has 3 saturated heterocycles. The highest BCUT2D eigenvalue weighted by Gasteiger charge is 2.48. The Kier molecular flexibility index (Phi) is 13.5. The van der Waals surface area contributed by atoms with Gasteiger partial charge >= 0.3 is 0 Å². The fraction of sp³-hybridized carbons (Fsp3) is 0.667. The minimum atomic E-state index is -0.661. The number of amides is 2. The molecule has 8 nitrogen and oxygen atoms in total. The van der Waals surface area contributed by atoms with E-state index in [1.807, 2.05) is 38.1 Å². The monoisotopic (exact) mass is 554 g/mol. The number of hydrogen-bond donors (Lipinski definition) is 1. The maximum Gasteiger partial charge on any atom is 0.251 e. The van der Waals surface area contributed by atoms with E-state index in [0.29, 0.717) is 24.9 Å². The van der Waals surface area contributed by atoms with Crippen molar-refractivity contribution in [3.05, 3.63) is 29.8 Å². The summed E-state index contributed by atoms with van der Waals surface area (Å²) in [5.41, 5.74) is 1.65. The number of carbonyl (C=O) groups excluding carboxylic acids is 3. The number of ketones is 1. The zero-order valence-electron chi connectivity index (χ0n) is 21.7. The van der Waals surface area contributed by atoms with E-state index in [9.17, 15) is 14.4 Å². The molecule has 0 radical (unpaired) electrons. The molecular weight excluding hydrogens is 508 g/mol. The van der Waals surface area contributed by atoms with Gasteiger partial charge in [0.1, 0.15) is 18.7 Å². The number of piperazine rings is 1. The topological polar surface area (TPSA) is 82.2 Å². The summed E-state index contributed by atoms with van der Waals surface area (Å²) in [5, 5.41) is 2.95. The first-order valence-electron chi connectivity index (χ1n) is 12.7. The van der Waals surface area contributed by atoms with E-state index in [0.717, 1.165) is 38.4 Å². The Balaban J connectivity index is 0.00000228. The van der Waals surface area contributed by atoms with Crippen molar-refractivity contribution in [1.82, 2.24) is 15.1 Å². The van der Waals surface area contributed by atoms with Gasteiger partial charge in [-0.25, -0.2) is 0 Å². The van der Waals surface area contributed by atoms with Gasteiger partial charge in [0, 0.05) is 44.0 Å². The lowest BCUT2D eigenvalue weighted by Crippen LogP contribution is -2.52. The van der Waals surface area contributed by atoms with Gasteiger partial charge in [0.25, 0.3) is 5.91 Å². The molecule has 3 fully saturated rings. The Labute approximate surface area is 236 Å². The molecule has 0 spiro atoms. The van der Waals surface area contributed by atoms with E-state index >= 15 is 0 Å². The number of nitrogens with zero attached hydrogens (tertiary/aromatic N) is 3. The molecule has 10 heteroatoms. The Morgan fingerprint density at radius 2 is 1.70 bits per heavy atom. The molecule has 1 N–H and O–H groups in total. The molecule has 3 atom stereocenters. The summed E-state index contributed by atoms with van der Waals surface area (Å²) >= 11 is 0. The van der Waals surface area contributed by atoms with Crippen LogP contribution in [-0.2, 0) is 14.3 Å². The van der Waals surface area contributed by atoms with Crippen molar-refractivity contribution in [1.29, 1.82) is 0 Å². The Morgan fingerprint density at radius 3 is 2.30 bits per heavy atom. The summed E-state index contributed by atoms with van der Waals surface area (Å²) in [6, 6.07) is 6.48. The van der Waals surface area contributed by atoms with Gasteiger partial charge in [-0.3, -0.25) is 19.3 Å². The summed E-state index contributed by atoms with van der Waals surface area (Å²) in [7, 11) is 0. The van der Waals surface area contributed by atoms with Crippen molar-refractivity contribution in [3.63, 3.8) is 0 Å². The SMILES string of the molecule is C.CCCN1CCN(c2ccc(C(=O)N[C@@H](CC(C)C)C(=O)N3CC[C@H]4OCC(=O)[C@H]43)cc2)CC1.S.S. The predicted octanol–water partition coefficient (Wildman–Crippen LogP) is 2.79. The minimum Gasteiger partial charge on any atom is -0.369 e. The van der Waals surface area contributed by atoms with E-state index in [2.05, 4.69) is 22.0 Å². The molecule has 3 aliphatic rings. The van der Waals surface area contributed by atoms with Gasteiger partial charge in [0.2, 0.25) is 5.91 Å². The van der Waals surface area contributed by atoms with Gasteiger partial charge in [-0.05, 0) is 56.0 Å². The van der Waals surface area contributed by atoms with Crippen molar-refractivity contribution in [3.8, 4) is 0 Å². The molecule has 210 valence electrons. The lowest BCUT2D eigenvalue weighted by atomic mass is 10.0.